The van der Waals surface area contributed by atoms with Crippen molar-refractivity contribution >= 4 is 5.97 Å². The fraction of sp³-hybridized carbons (Fsp3) is 0.417. The molecule has 2 N–H and O–H groups in total. The van der Waals surface area contributed by atoms with Gasteiger partial charge in [0.05, 0.1) is 0 Å². The van der Waals surface area contributed by atoms with Gasteiger partial charge >= 0.3 is 5.97 Å². The normalized spacial score (nSPS) is 25.4. The van der Waals surface area contributed by atoms with E-state index in [1.165, 1.54) is 11.1 Å². The Balaban J connectivity index is 2.11. The molecule has 1 aromatic rings. The Kier molecular flexibility index (Phi) is 2.73. The van der Waals surface area contributed by atoms with Crippen molar-refractivity contribution in [3.05, 3.63) is 35.4 Å². The van der Waals surface area contributed by atoms with Gasteiger partial charge in [0.15, 0.2) is 0 Å². The Morgan fingerprint density at radius 1 is 1.53 bits per heavy atom. The van der Waals surface area contributed by atoms with E-state index in [4.69, 9.17) is 5.11 Å². The lowest BCUT2D eigenvalue weighted by molar-refractivity contribution is -0.139. The van der Waals surface area contributed by atoms with Crippen LogP contribution in [-0.4, -0.2) is 23.7 Å². The lowest BCUT2D eigenvalue weighted by atomic mass is 9.95. The molecule has 0 aromatic heterocycles. The van der Waals surface area contributed by atoms with Crippen LogP contribution in [0.3, 0.4) is 0 Å². The van der Waals surface area contributed by atoms with Crippen molar-refractivity contribution in [1.82, 2.24) is 5.32 Å². The van der Waals surface area contributed by atoms with E-state index < -0.39 is 5.97 Å². The summed E-state index contributed by atoms with van der Waals surface area (Å²) >= 11 is 0. The summed E-state index contributed by atoms with van der Waals surface area (Å²) in [7, 11) is 0. The number of benzene rings is 1. The molecule has 15 heavy (non-hydrogen) atoms. The fourth-order valence-corrected chi connectivity index (χ4v) is 2.10. The van der Waals surface area contributed by atoms with E-state index in [2.05, 4.69) is 30.4 Å². The summed E-state index contributed by atoms with van der Waals surface area (Å²) < 4.78 is 0. The molecule has 0 saturated carbocycles. The maximum atomic E-state index is 10.8. The molecule has 0 aliphatic carbocycles. The molecule has 2 atom stereocenters. The maximum absolute atomic E-state index is 10.8. The Labute approximate surface area is 89.1 Å². The summed E-state index contributed by atoms with van der Waals surface area (Å²) in [5.41, 5.74) is 2.47. The van der Waals surface area contributed by atoms with Crippen molar-refractivity contribution in [3.63, 3.8) is 0 Å². The van der Waals surface area contributed by atoms with Crippen LogP contribution in [0.5, 0.6) is 0 Å². The van der Waals surface area contributed by atoms with E-state index in [1.54, 1.807) is 0 Å². The summed E-state index contributed by atoms with van der Waals surface area (Å²) in [6.45, 7) is 2.82. The number of hydrogen-bond donors (Lipinski definition) is 2. The Morgan fingerprint density at radius 3 is 2.93 bits per heavy atom. The van der Waals surface area contributed by atoms with Gasteiger partial charge in [-0.1, -0.05) is 29.8 Å². The van der Waals surface area contributed by atoms with Crippen LogP contribution in [0.1, 0.15) is 23.5 Å². The molecule has 0 bridgehead atoms. The highest BCUT2D eigenvalue weighted by Crippen LogP contribution is 2.26. The third-order valence-corrected chi connectivity index (χ3v) is 2.94. The minimum atomic E-state index is -0.745. The van der Waals surface area contributed by atoms with Crippen molar-refractivity contribution in [2.24, 2.45) is 0 Å². The van der Waals surface area contributed by atoms with Gasteiger partial charge in [-0.2, -0.15) is 0 Å². The number of nitrogens with one attached hydrogen (secondary N) is 1. The van der Waals surface area contributed by atoms with Gasteiger partial charge < -0.3 is 10.4 Å². The summed E-state index contributed by atoms with van der Waals surface area (Å²) in [6, 6.07) is 7.91. The molecular formula is C12H15NO2. The van der Waals surface area contributed by atoms with Crippen molar-refractivity contribution in [3.8, 4) is 0 Å². The lowest BCUT2D eigenvalue weighted by Crippen LogP contribution is -2.29. The second kappa shape index (κ2) is 4.03. The molecule has 1 fully saturated rings. The lowest BCUT2D eigenvalue weighted by Gasteiger charge is -2.09. The van der Waals surface area contributed by atoms with Crippen LogP contribution >= 0.6 is 0 Å². The topological polar surface area (TPSA) is 49.3 Å². The van der Waals surface area contributed by atoms with Crippen LogP contribution in [-0.2, 0) is 4.79 Å². The number of aliphatic carboxylic acids is 1. The van der Waals surface area contributed by atoms with Gasteiger partial charge in [0.2, 0.25) is 0 Å². The first kappa shape index (κ1) is 10.2. The van der Waals surface area contributed by atoms with Gasteiger partial charge in [0, 0.05) is 6.54 Å². The largest absolute Gasteiger partial charge is 0.480 e. The Bertz CT molecular complexity index is 376. The fourth-order valence-electron chi connectivity index (χ4n) is 2.10. The monoisotopic (exact) mass is 205 g/mol. The summed E-state index contributed by atoms with van der Waals surface area (Å²) in [5, 5.41) is 11.9. The molecular weight excluding hydrogens is 190 g/mol. The van der Waals surface area contributed by atoms with Gasteiger partial charge in [-0.15, -0.1) is 0 Å². The molecule has 1 heterocycles. The third-order valence-electron chi connectivity index (χ3n) is 2.94. The number of aryl methyl sites for hydroxylation is 1. The quantitative estimate of drug-likeness (QED) is 0.769. The van der Waals surface area contributed by atoms with Gasteiger partial charge in [-0.05, 0) is 24.8 Å². The Hall–Kier alpha value is -1.35. The van der Waals surface area contributed by atoms with Gasteiger partial charge in [-0.25, -0.2) is 0 Å². The van der Waals surface area contributed by atoms with Crippen molar-refractivity contribution < 1.29 is 9.90 Å². The van der Waals surface area contributed by atoms with Crippen LogP contribution in [0.4, 0.5) is 0 Å². The molecule has 0 unspecified atom stereocenters. The van der Waals surface area contributed by atoms with E-state index in [9.17, 15) is 4.79 Å². The average molecular weight is 205 g/mol. The highest BCUT2D eigenvalue weighted by molar-refractivity contribution is 5.74. The van der Waals surface area contributed by atoms with Crippen LogP contribution in [0.15, 0.2) is 24.3 Å². The van der Waals surface area contributed by atoms with E-state index in [-0.39, 0.29) is 6.04 Å². The predicted octanol–water partition coefficient (Wildman–Crippen LogP) is 1.53. The van der Waals surface area contributed by atoms with Crippen LogP contribution in [0.2, 0.25) is 0 Å². The zero-order valence-electron chi connectivity index (χ0n) is 8.73. The molecule has 3 heteroatoms. The molecule has 1 aliphatic rings. The molecule has 80 valence electrons. The van der Waals surface area contributed by atoms with Crippen molar-refractivity contribution in [1.29, 1.82) is 0 Å². The Morgan fingerprint density at radius 2 is 2.33 bits per heavy atom. The maximum Gasteiger partial charge on any atom is 0.320 e. The van der Waals surface area contributed by atoms with E-state index >= 15 is 0 Å². The highest BCUT2D eigenvalue weighted by atomic mass is 16.4. The van der Waals surface area contributed by atoms with E-state index in [0.717, 1.165) is 6.54 Å². The van der Waals surface area contributed by atoms with Gasteiger partial charge in [0.1, 0.15) is 6.04 Å². The smallest absolute Gasteiger partial charge is 0.320 e. The van der Waals surface area contributed by atoms with E-state index in [0.29, 0.717) is 12.3 Å². The summed E-state index contributed by atoms with van der Waals surface area (Å²) in [6.07, 6.45) is 0.693. The predicted molar refractivity (Wildman–Crippen MR) is 58.0 cm³/mol. The van der Waals surface area contributed by atoms with Crippen molar-refractivity contribution in [2.75, 3.05) is 6.54 Å². The number of carboxylic acid groups (broad SMARTS) is 1. The van der Waals surface area contributed by atoms with E-state index in [1.807, 2.05) is 6.07 Å². The number of carboxylic acids is 1. The van der Waals surface area contributed by atoms with Crippen LogP contribution in [0, 0.1) is 6.92 Å². The second-order valence-corrected chi connectivity index (χ2v) is 4.15. The first-order valence-electron chi connectivity index (χ1n) is 5.19. The zero-order chi connectivity index (χ0) is 10.8. The molecule has 1 aliphatic heterocycles. The molecule has 2 rings (SSSR count). The standard InChI is InChI=1S/C12H15NO2/c1-8-3-2-4-9(5-8)10-6-11(12(14)15)13-7-10/h2-5,10-11,13H,6-7H2,1H3,(H,14,15)/t10-,11+/m1/s1. The molecule has 1 aromatic carbocycles. The molecule has 0 radical (unpaired) electrons. The second-order valence-electron chi connectivity index (χ2n) is 4.15. The first-order valence-corrected chi connectivity index (χ1v) is 5.19. The number of carbonyl (C=O) groups is 1. The molecule has 1 saturated heterocycles. The molecule has 0 amide bonds. The summed E-state index contributed by atoms with van der Waals surface area (Å²) in [4.78, 5) is 10.8. The zero-order valence-corrected chi connectivity index (χ0v) is 8.73. The third kappa shape index (κ3) is 2.18. The number of hydrogen-bond acceptors (Lipinski definition) is 2. The summed E-state index contributed by atoms with van der Waals surface area (Å²) in [5.74, 6) is -0.406. The molecule has 0 spiro atoms. The minimum absolute atomic E-state index is 0.339. The van der Waals surface area contributed by atoms with Crippen molar-refractivity contribution in [2.45, 2.75) is 25.3 Å². The molecule has 3 nitrogen and oxygen atoms in total. The van der Waals surface area contributed by atoms with Crippen LogP contribution < -0.4 is 5.32 Å². The number of rotatable bonds is 2. The first-order chi connectivity index (χ1) is 7.16. The average Bonchev–Trinajstić information content (AvgIpc) is 2.66. The minimum Gasteiger partial charge on any atom is -0.480 e. The highest BCUT2D eigenvalue weighted by Gasteiger charge is 2.29. The van der Waals surface area contributed by atoms with Gasteiger partial charge in [0.25, 0.3) is 0 Å². The van der Waals surface area contributed by atoms with Gasteiger partial charge in [-0.3, -0.25) is 4.79 Å². The van der Waals surface area contributed by atoms with Crippen LogP contribution in [0.25, 0.3) is 0 Å². The SMILES string of the molecule is Cc1cccc([C@H]2CN[C@H](C(=O)O)C2)c1.